The zero-order valence-electron chi connectivity index (χ0n) is 13.0. The Balaban J connectivity index is 1.62. The second-order valence-electron chi connectivity index (χ2n) is 6.62. The number of carbonyl (C=O) groups excluding carboxylic acids is 1. The molecule has 0 radical (unpaired) electrons. The molecule has 2 aliphatic heterocycles. The van der Waals surface area contributed by atoms with Crippen LogP contribution in [0.5, 0.6) is 0 Å². The van der Waals surface area contributed by atoms with Crippen molar-refractivity contribution in [1.29, 1.82) is 0 Å². The lowest BCUT2D eigenvalue weighted by Gasteiger charge is -2.39. The van der Waals surface area contributed by atoms with Gasteiger partial charge in [-0.2, -0.15) is 0 Å². The molecule has 0 aromatic carbocycles. The number of amides is 1. The van der Waals surface area contributed by atoms with Gasteiger partial charge in [0.15, 0.2) is 5.76 Å². The van der Waals surface area contributed by atoms with Crippen molar-refractivity contribution in [2.45, 2.75) is 44.4 Å². The van der Waals surface area contributed by atoms with E-state index in [1.807, 2.05) is 6.07 Å². The largest absolute Gasteiger partial charge is 0.455 e. The van der Waals surface area contributed by atoms with Crippen LogP contribution in [0.4, 0.5) is 0 Å². The summed E-state index contributed by atoms with van der Waals surface area (Å²) in [5.41, 5.74) is -1.12. The van der Waals surface area contributed by atoms with Crippen LogP contribution < -0.4 is 0 Å². The number of hydrogen-bond acceptors (Lipinski definition) is 5. The van der Waals surface area contributed by atoms with Gasteiger partial charge in [-0.25, -0.2) is 0 Å². The normalized spacial score (nSPS) is 30.0. The maximum atomic E-state index is 12.4. The van der Waals surface area contributed by atoms with Crippen molar-refractivity contribution in [3.05, 3.63) is 23.7 Å². The number of likely N-dealkylation sites (tertiary alicyclic amines) is 2. The number of nitrogens with zero attached hydrogens (tertiary/aromatic N) is 2. The number of aliphatic hydroxyl groups excluding tert-OH is 1. The van der Waals surface area contributed by atoms with Crippen LogP contribution in [-0.2, 0) is 6.54 Å². The summed E-state index contributed by atoms with van der Waals surface area (Å²) in [4.78, 5) is 16.3. The molecule has 3 rings (SSSR count). The summed E-state index contributed by atoms with van der Waals surface area (Å²) in [5, 5.41) is 19.9. The molecule has 2 fully saturated rings. The smallest absolute Gasteiger partial charge is 0.289 e. The first-order valence-electron chi connectivity index (χ1n) is 7.96. The SMILES string of the molecule is C[C@@]1(O)CCN(C(=O)c2ccc(CN3CCCC3)o2)C[C@@H]1O. The second-order valence-corrected chi connectivity index (χ2v) is 6.62. The van der Waals surface area contributed by atoms with E-state index in [-0.39, 0.29) is 12.5 Å². The van der Waals surface area contributed by atoms with E-state index < -0.39 is 11.7 Å². The van der Waals surface area contributed by atoms with Gasteiger partial charge in [-0.3, -0.25) is 9.69 Å². The van der Waals surface area contributed by atoms with Crippen molar-refractivity contribution in [1.82, 2.24) is 9.80 Å². The molecule has 2 N–H and O–H groups in total. The third kappa shape index (κ3) is 3.19. The predicted molar refractivity (Wildman–Crippen MR) is 80.4 cm³/mol. The molecule has 1 aromatic heterocycles. The van der Waals surface area contributed by atoms with E-state index in [1.165, 1.54) is 12.8 Å². The summed E-state index contributed by atoms with van der Waals surface area (Å²) in [6, 6.07) is 3.55. The zero-order chi connectivity index (χ0) is 15.7. The summed E-state index contributed by atoms with van der Waals surface area (Å²) in [5.74, 6) is 0.889. The van der Waals surface area contributed by atoms with E-state index in [1.54, 1.807) is 17.9 Å². The highest BCUT2D eigenvalue weighted by Crippen LogP contribution is 2.24. The highest BCUT2D eigenvalue weighted by atomic mass is 16.4. The number of piperidine rings is 1. The van der Waals surface area contributed by atoms with Crippen LogP contribution in [0.2, 0.25) is 0 Å². The Kier molecular flexibility index (Phi) is 4.25. The van der Waals surface area contributed by atoms with Gasteiger partial charge in [-0.15, -0.1) is 0 Å². The quantitative estimate of drug-likeness (QED) is 0.865. The topological polar surface area (TPSA) is 77.2 Å². The van der Waals surface area contributed by atoms with Crippen LogP contribution in [-0.4, -0.2) is 63.8 Å². The first-order valence-corrected chi connectivity index (χ1v) is 7.96. The first-order chi connectivity index (χ1) is 10.5. The molecule has 0 unspecified atom stereocenters. The number of carbonyl (C=O) groups is 1. The molecule has 2 aliphatic rings. The van der Waals surface area contributed by atoms with E-state index in [2.05, 4.69) is 4.90 Å². The van der Waals surface area contributed by atoms with Crippen molar-refractivity contribution in [2.75, 3.05) is 26.2 Å². The molecule has 0 bridgehead atoms. The van der Waals surface area contributed by atoms with E-state index in [0.717, 1.165) is 25.4 Å². The van der Waals surface area contributed by atoms with Gasteiger partial charge in [0.2, 0.25) is 0 Å². The molecule has 0 saturated carbocycles. The standard InChI is InChI=1S/C16H24N2O4/c1-16(21)6-9-18(11-14(16)19)15(20)13-5-4-12(22-13)10-17-7-2-3-8-17/h4-5,14,19,21H,2-3,6-11H2,1H3/t14-,16+/m0/s1. The third-order valence-electron chi connectivity index (χ3n) is 4.74. The molecule has 6 nitrogen and oxygen atoms in total. The van der Waals surface area contributed by atoms with Crippen LogP contribution in [0.3, 0.4) is 0 Å². The molecule has 1 aromatic rings. The van der Waals surface area contributed by atoms with E-state index >= 15 is 0 Å². The van der Waals surface area contributed by atoms with Gasteiger partial charge < -0.3 is 19.5 Å². The molecule has 2 atom stereocenters. The molecule has 3 heterocycles. The minimum atomic E-state index is -1.12. The fraction of sp³-hybridized carbons (Fsp3) is 0.688. The maximum absolute atomic E-state index is 12.4. The van der Waals surface area contributed by atoms with Gasteiger partial charge >= 0.3 is 0 Å². The average Bonchev–Trinajstić information content (AvgIpc) is 3.13. The van der Waals surface area contributed by atoms with Crippen LogP contribution in [0.1, 0.15) is 42.5 Å². The van der Waals surface area contributed by atoms with Crippen molar-refractivity contribution < 1.29 is 19.4 Å². The lowest BCUT2D eigenvalue weighted by atomic mass is 9.91. The minimum absolute atomic E-state index is 0.133. The maximum Gasteiger partial charge on any atom is 0.289 e. The molecule has 6 heteroatoms. The molecule has 0 spiro atoms. The second kappa shape index (κ2) is 6.02. The number of furan rings is 1. The number of β-amino-alcohol motifs (C(OH)–C–C–N with tert-alkyl or cyclic N) is 1. The number of rotatable bonds is 3. The third-order valence-corrected chi connectivity index (χ3v) is 4.74. The monoisotopic (exact) mass is 308 g/mol. The molecule has 22 heavy (non-hydrogen) atoms. The van der Waals surface area contributed by atoms with E-state index in [9.17, 15) is 15.0 Å². The van der Waals surface area contributed by atoms with Crippen molar-refractivity contribution in [3.8, 4) is 0 Å². The number of hydrogen-bond donors (Lipinski definition) is 2. The van der Waals surface area contributed by atoms with Gasteiger partial charge in [0.05, 0.1) is 18.2 Å². The van der Waals surface area contributed by atoms with Crippen LogP contribution in [0, 0.1) is 0 Å². The highest BCUT2D eigenvalue weighted by Gasteiger charge is 2.38. The Labute approximate surface area is 130 Å². The van der Waals surface area contributed by atoms with Crippen LogP contribution in [0.15, 0.2) is 16.5 Å². The lowest BCUT2D eigenvalue weighted by Crippen LogP contribution is -2.55. The molecular formula is C16H24N2O4. The van der Waals surface area contributed by atoms with Crippen molar-refractivity contribution in [2.24, 2.45) is 0 Å². The Morgan fingerprint density at radius 2 is 2.09 bits per heavy atom. The van der Waals surface area contributed by atoms with Gasteiger partial charge in [-0.05, 0) is 51.4 Å². The summed E-state index contributed by atoms with van der Waals surface area (Å²) >= 11 is 0. The Morgan fingerprint density at radius 3 is 2.77 bits per heavy atom. The highest BCUT2D eigenvalue weighted by molar-refractivity contribution is 5.91. The minimum Gasteiger partial charge on any atom is -0.455 e. The Bertz CT molecular complexity index is 534. The molecular weight excluding hydrogens is 284 g/mol. The summed E-state index contributed by atoms with van der Waals surface area (Å²) in [6.45, 7) is 5.05. The summed E-state index contributed by atoms with van der Waals surface area (Å²) in [7, 11) is 0. The van der Waals surface area contributed by atoms with Gasteiger partial charge in [0.1, 0.15) is 5.76 Å². The van der Waals surface area contributed by atoms with Gasteiger partial charge in [-0.1, -0.05) is 0 Å². The summed E-state index contributed by atoms with van der Waals surface area (Å²) < 4.78 is 5.67. The van der Waals surface area contributed by atoms with E-state index in [0.29, 0.717) is 18.7 Å². The molecule has 1 amide bonds. The van der Waals surface area contributed by atoms with E-state index in [4.69, 9.17) is 4.42 Å². The number of aliphatic hydroxyl groups is 2. The lowest BCUT2D eigenvalue weighted by molar-refractivity contribution is -0.100. The zero-order valence-corrected chi connectivity index (χ0v) is 13.0. The molecule has 2 saturated heterocycles. The molecule has 0 aliphatic carbocycles. The first kappa shape index (κ1) is 15.5. The van der Waals surface area contributed by atoms with Crippen LogP contribution in [0.25, 0.3) is 0 Å². The Hall–Kier alpha value is -1.37. The molecule has 122 valence electrons. The van der Waals surface area contributed by atoms with Crippen LogP contribution >= 0.6 is 0 Å². The fourth-order valence-electron chi connectivity index (χ4n) is 3.10. The Morgan fingerprint density at radius 1 is 1.36 bits per heavy atom. The van der Waals surface area contributed by atoms with Crippen molar-refractivity contribution in [3.63, 3.8) is 0 Å². The average molecular weight is 308 g/mol. The van der Waals surface area contributed by atoms with Gasteiger partial charge in [0.25, 0.3) is 5.91 Å². The van der Waals surface area contributed by atoms with Gasteiger partial charge in [0, 0.05) is 13.1 Å². The summed E-state index contributed by atoms with van der Waals surface area (Å²) in [6.07, 6.45) is 1.88. The predicted octanol–water partition coefficient (Wildman–Crippen LogP) is 0.833. The fourth-order valence-corrected chi connectivity index (χ4v) is 3.10. The van der Waals surface area contributed by atoms with Crippen molar-refractivity contribution >= 4 is 5.91 Å².